The molecule has 0 saturated carbocycles. The average molecular weight is 255 g/mol. The van der Waals surface area contributed by atoms with Crippen LogP contribution in [0.2, 0.25) is 5.02 Å². The predicted octanol–water partition coefficient (Wildman–Crippen LogP) is 3.70. The van der Waals surface area contributed by atoms with Gasteiger partial charge in [0.15, 0.2) is 0 Å². The van der Waals surface area contributed by atoms with Crippen LogP contribution in [-0.2, 0) is 6.54 Å². The lowest BCUT2D eigenvalue weighted by molar-refractivity contribution is 0.392. The number of anilines is 1. The van der Waals surface area contributed by atoms with Gasteiger partial charge in [0.25, 0.3) is 0 Å². The summed E-state index contributed by atoms with van der Waals surface area (Å²) in [6, 6.07) is 4.39. The molecule has 0 aliphatic heterocycles. The van der Waals surface area contributed by atoms with E-state index in [9.17, 15) is 4.39 Å². The van der Waals surface area contributed by atoms with Gasteiger partial charge in [-0.05, 0) is 32.0 Å². The van der Waals surface area contributed by atoms with Gasteiger partial charge in [0, 0.05) is 17.1 Å². The average Bonchev–Trinajstić information content (AvgIpc) is 2.61. The third-order valence-corrected chi connectivity index (χ3v) is 2.80. The topological polar surface area (TPSA) is 38.1 Å². The fourth-order valence-electron chi connectivity index (χ4n) is 1.57. The summed E-state index contributed by atoms with van der Waals surface area (Å²) in [5.41, 5.74) is 2.11. The molecule has 0 fully saturated rings. The number of aromatic nitrogens is 1. The zero-order chi connectivity index (χ0) is 12.4. The van der Waals surface area contributed by atoms with E-state index in [0.717, 1.165) is 17.0 Å². The van der Waals surface area contributed by atoms with Crippen LogP contribution in [0.3, 0.4) is 0 Å². The van der Waals surface area contributed by atoms with Crippen molar-refractivity contribution in [1.29, 1.82) is 0 Å². The molecule has 0 radical (unpaired) electrons. The number of nitrogens with one attached hydrogen (secondary N) is 1. The van der Waals surface area contributed by atoms with Crippen LogP contribution in [0.1, 0.15) is 17.0 Å². The first-order chi connectivity index (χ1) is 8.08. The van der Waals surface area contributed by atoms with Gasteiger partial charge in [-0.15, -0.1) is 0 Å². The van der Waals surface area contributed by atoms with Crippen molar-refractivity contribution in [2.24, 2.45) is 0 Å². The molecular formula is C12H12ClFN2O. The van der Waals surface area contributed by atoms with E-state index in [-0.39, 0.29) is 5.82 Å². The maximum absolute atomic E-state index is 13.4. The van der Waals surface area contributed by atoms with Crippen molar-refractivity contribution in [1.82, 2.24) is 5.16 Å². The van der Waals surface area contributed by atoms with Crippen molar-refractivity contribution < 1.29 is 8.91 Å². The molecule has 5 heteroatoms. The van der Waals surface area contributed by atoms with Crippen molar-refractivity contribution in [2.75, 3.05) is 5.32 Å². The molecule has 1 aromatic carbocycles. The molecule has 0 atom stereocenters. The summed E-state index contributed by atoms with van der Waals surface area (Å²) in [6.45, 7) is 4.13. The van der Waals surface area contributed by atoms with E-state index in [1.807, 2.05) is 13.8 Å². The van der Waals surface area contributed by atoms with E-state index in [0.29, 0.717) is 17.3 Å². The van der Waals surface area contributed by atoms with E-state index in [4.69, 9.17) is 16.1 Å². The van der Waals surface area contributed by atoms with Crippen molar-refractivity contribution in [3.63, 3.8) is 0 Å². The second kappa shape index (κ2) is 4.75. The van der Waals surface area contributed by atoms with Crippen LogP contribution in [-0.4, -0.2) is 5.16 Å². The molecule has 3 nitrogen and oxygen atoms in total. The summed E-state index contributed by atoms with van der Waals surface area (Å²) in [4.78, 5) is 0. The van der Waals surface area contributed by atoms with Crippen molar-refractivity contribution in [3.05, 3.63) is 46.1 Å². The number of rotatable bonds is 3. The fourth-order valence-corrected chi connectivity index (χ4v) is 1.74. The highest BCUT2D eigenvalue weighted by molar-refractivity contribution is 6.30. The molecular weight excluding hydrogens is 243 g/mol. The summed E-state index contributed by atoms with van der Waals surface area (Å²) < 4.78 is 18.5. The first-order valence-electron chi connectivity index (χ1n) is 5.18. The Labute approximate surface area is 104 Å². The van der Waals surface area contributed by atoms with Crippen LogP contribution in [0.5, 0.6) is 0 Å². The first-order valence-corrected chi connectivity index (χ1v) is 5.56. The third kappa shape index (κ3) is 2.58. The molecule has 17 heavy (non-hydrogen) atoms. The molecule has 1 aromatic heterocycles. The molecule has 2 rings (SSSR count). The highest BCUT2D eigenvalue weighted by atomic mass is 35.5. The zero-order valence-corrected chi connectivity index (χ0v) is 10.3. The second-order valence-electron chi connectivity index (χ2n) is 3.78. The Morgan fingerprint density at radius 2 is 2.18 bits per heavy atom. The largest absolute Gasteiger partial charge is 0.378 e. The Balaban J connectivity index is 2.15. The predicted molar refractivity (Wildman–Crippen MR) is 64.7 cm³/mol. The standard InChI is InChI=1S/C12H12ClFN2O/c1-7-10(8(2)17-16-7)6-15-12-5-9(13)3-4-11(12)14/h3-5,15H,6H2,1-2H3. The molecule has 0 saturated heterocycles. The smallest absolute Gasteiger partial charge is 0.146 e. The summed E-state index contributed by atoms with van der Waals surface area (Å²) >= 11 is 5.80. The van der Waals surface area contributed by atoms with Crippen LogP contribution < -0.4 is 5.32 Å². The normalized spacial score (nSPS) is 10.6. The Bertz CT molecular complexity index is 520. The molecule has 1 N–H and O–H groups in total. The minimum atomic E-state index is -0.332. The van der Waals surface area contributed by atoms with Crippen molar-refractivity contribution >= 4 is 17.3 Å². The van der Waals surface area contributed by atoms with Crippen LogP contribution in [0.25, 0.3) is 0 Å². The van der Waals surface area contributed by atoms with E-state index in [1.54, 1.807) is 6.07 Å². The summed E-state index contributed by atoms with van der Waals surface area (Å²) in [6.07, 6.45) is 0. The van der Waals surface area contributed by atoms with Gasteiger partial charge in [-0.25, -0.2) is 4.39 Å². The Morgan fingerprint density at radius 1 is 1.41 bits per heavy atom. The van der Waals surface area contributed by atoms with Crippen molar-refractivity contribution in [3.8, 4) is 0 Å². The van der Waals surface area contributed by atoms with E-state index in [1.165, 1.54) is 12.1 Å². The lowest BCUT2D eigenvalue weighted by Gasteiger charge is -2.07. The van der Waals surface area contributed by atoms with Gasteiger partial charge in [0.2, 0.25) is 0 Å². The zero-order valence-electron chi connectivity index (χ0n) is 9.55. The third-order valence-electron chi connectivity index (χ3n) is 2.57. The summed E-state index contributed by atoms with van der Waals surface area (Å²) in [7, 11) is 0. The monoisotopic (exact) mass is 254 g/mol. The SMILES string of the molecule is Cc1noc(C)c1CNc1cc(Cl)ccc1F. The molecule has 0 aliphatic carbocycles. The molecule has 2 aromatic rings. The lowest BCUT2D eigenvalue weighted by atomic mass is 10.2. The number of hydrogen-bond donors (Lipinski definition) is 1. The van der Waals surface area contributed by atoms with Gasteiger partial charge in [-0.1, -0.05) is 16.8 Å². The number of nitrogens with zero attached hydrogens (tertiary/aromatic N) is 1. The van der Waals surface area contributed by atoms with Gasteiger partial charge in [-0.3, -0.25) is 0 Å². The molecule has 1 heterocycles. The number of halogens is 2. The van der Waals surface area contributed by atoms with Crippen molar-refractivity contribution in [2.45, 2.75) is 20.4 Å². The van der Waals surface area contributed by atoms with E-state index >= 15 is 0 Å². The summed E-state index contributed by atoms with van der Waals surface area (Å²) in [5.74, 6) is 0.401. The minimum absolute atomic E-state index is 0.332. The van der Waals surface area contributed by atoms with Crippen LogP contribution in [0.4, 0.5) is 10.1 Å². The van der Waals surface area contributed by atoms with Crippen LogP contribution >= 0.6 is 11.6 Å². The van der Waals surface area contributed by atoms with Gasteiger partial charge in [0.1, 0.15) is 11.6 Å². The molecule has 0 amide bonds. The van der Waals surface area contributed by atoms with Crippen LogP contribution in [0.15, 0.2) is 22.7 Å². The Kier molecular flexibility index (Phi) is 3.33. The first kappa shape index (κ1) is 11.9. The van der Waals surface area contributed by atoms with E-state index < -0.39 is 0 Å². The van der Waals surface area contributed by atoms with Gasteiger partial charge in [-0.2, -0.15) is 0 Å². The maximum Gasteiger partial charge on any atom is 0.146 e. The second-order valence-corrected chi connectivity index (χ2v) is 4.22. The maximum atomic E-state index is 13.4. The molecule has 90 valence electrons. The highest BCUT2D eigenvalue weighted by Crippen LogP contribution is 2.21. The van der Waals surface area contributed by atoms with Crippen LogP contribution in [0, 0.1) is 19.7 Å². The number of benzene rings is 1. The van der Waals surface area contributed by atoms with Gasteiger partial charge < -0.3 is 9.84 Å². The Hall–Kier alpha value is -1.55. The fraction of sp³-hybridized carbons (Fsp3) is 0.250. The number of hydrogen-bond acceptors (Lipinski definition) is 3. The number of aryl methyl sites for hydroxylation is 2. The quantitative estimate of drug-likeness (QED) is 0.908. The van der Waals surface area contributed by atoms with Gasteiger partial charge in [0.05, 0.1) is 11.4 Å². The minimum Gasteiger partial charge on any atom is -0.378 e. The molecule has 0 bridgehead atoms. The molecule has 0 aliphatic rings. The van der Waals surface area contributed by atoms with Gasteiger partial charge >= 0.3 is 0 Å². The lowest BCUT2D eigenvalue weighted by Crippen LogP contribution is -2.03. The van der Waals surface area contributed by atoms with E-state index in [2.05, 4.69) is 10.5 Å². The summed E-state index contributed by atoms with van der Waals surface area (Å²) in [5, 5.41) is 7.31. The highest BCUT2D eigenvalue weighted by Gasteiger charge is 2.09. The Morgan fingerprint density at radius 3 is 2.82 bits per heavy atom. The molecule has 0 unspecified atom stereocenters. The molecule has 0 spiro atoms.